The maximum absolute atomic E-state index is 12.8. The highest BCUT2D eigenvalue weighted by atomic mass is 19.4. The standard InChI is InChI=1S/C16H12F5NO2/c17-15(18)13-7-3-1-5-11(13)9-22-23-10-12-6-2-4-8-14(12)24-16(19,20)21/h1-9,15H,10H2. The second kappa shape index (κ2) is 7.76. The van der Waals surface area contributed by atoms with Crippen molar-refractivity contribution >= 4 is 6.21 Å². The Balaban J connectivity index is 2.03. The van der Waals surface area contributed by atoms with Gasteiger partial charge in [-0.2, -0.15) is 0 Å². The Morgan fingerprint density at radius 3 is 2.38 bits per heavy atom. The Morgan fingerprint density at radius 1 is 1.00 bits per heavy atom. The number of hydrogen-bond acceptors (Lipinski definition) is 3. The van der Waals surface area contributed by atoms with Gasteiger partial charge >= 0.3 is 6.36 Å². The van der Waals surface area contributed by atoms with Gasteiger partial charge < -0.3 is 9.57 Å². The molecule has 0 saturated carbocycles. The van der Waals surface area contributed by atoms with Crippen molar-refractivity contribution in [2.45, 2.75) is 19.4 Å². The minimum Gasteiger partial charge on any atom is -0.405 e. The van der Waals surface area contributed by atoms with E-state index < -0.39 is 18.5 Å². The third-order valence-electron chi connectivity index (χ3n) is 2.92. The molecule has 0 heterocycles. The summed E-state index contributed by atoms with van der Waals surface area (Å²) in [6, 6.07) is 11.1. The van der Waals surface area contributed by atoms with Gasteiger partial charge in [-0.15, -0.1) is 13.2 Å². The van der Waals surface area contributed by atoms with Crippen LogP contribution in [0.3, 0.4) is 0 Å². The number of ether oxygens (including phenoxy) is 1. The molecule has 0 aromatic heterocycles. The summed E-state index contributed by atoms with van der Waals surface area (Å²) >= 11 is 0. The molecule has 0 radical (unpaired) electrons. The molecule has 0 atom stereocenters. The maximum Gasteiger partial charge on any atom is 0.573 e. The molecule has 0 amide bonds. The molecule has 0 fully saturated rings. The maximum atomic E-state index is 12.8. The highest BCUT2D eigenvalue weighted by molar-refractivity contribution is 5.81. The molecule has 0 unspecified atom stereocenters. The second-order valence-corrected chi connectivity index (χ2v) is 4.59. The fraction of sp³-hybridized carbons (Fsp3) is 0.188. The Labute approximate surface area is 134 Å². The third-order valence-corrected chi connectivity index (χ3v) is 2.92. The Hall–Kier alpha value is -2.64. The van der Waals surface area contributed by atoms with Crippen molar-refractivity contribution in [3.63, 3.8) is 0 Å². The van der Waals surface area contributed by atoms with Crippen LogP contribution < -0.4 is 4.74 Å². The van der Waals surface area contributed by atoms with Crippen LogP contribution in [0, 0.1) is 0 Å². The van der Waals surface area contributed by atoms with E-state index in [9.17, 15) is 22.0 Å². The van der Waals surface area contributed by atoms with E-state index in [0.717, 1.165) is 12.3 Å². The van der Waals surface area contributed by atoms with E-state index in [0.29, 0.717) is 0 Å². The molecular formula is C16H12F5NO2. The number of para-hydroxylation sites is 1. The molecule has 2 aromatic rings. The first-order valence-corrected chi connectivity index (χ1v) is 6.73. The summed E-state index contributed by atoms with van der Waals surface area (Å²) in [5, 5.41) is 3.52. The van der Waals surface area contributed by atoms with Gasteiger partial charge in [0.15, 0.2) is 0 Å². The van der Waals surface area contributed by atoms with Crippen LogP contribution in [0.25, 0.3) is 0 Å². The van der Waals surface area contributed by atoms with Gasteiger partial charge in [0.2, 0.25) is 0 Å². The monoisotopic (exact) mass is 345 g/mol. The topological polar surface area (TPSA) is 30.8 Å². The summed E-state index contributed by atoms with van der Waals surface area (Å²) in [5.74, 6) is -0.409. The van der Waals surface area contributed by atoms with Crippen molar-refractivity contribution < 1.29 is 31.5 Å². The normalized spacial score (nSPS) is 11.9. The van der Waals surface area contributed by atoms with Crippen LogP contribution in [0.1, 0.15) is 23.1 Å². The van der Waals surface area contributed by atoms with Gasteiger partial charge in [0.25, 0.3) is 6.43 Å². The lowest BCUT2D eigenvalue weighted by atomic mass is 10.1. The quantitative estimate of drug-likeness (QED) is 0.416. The van der Waals surface area contributed by atoms with Crippen LogP contribution >= 0.6 is 0 Å². The van der Waals surface area contributed by atoms with Gasteiger partial charge in [-0.1, -0.05) is 47.6 Å². The Morgan fingerprint density at radius 2 is 1.67 bits per heavy atom. The van der Waals surface area contributed by atoms with Crippen molar-refractivity contribution in [3.05, 3.63) is 65.2 Å². The number of alkyl halides is 5. The molecule has 2 rings (SSSR count). The van der Waals surface area contributed by atoms with Crippen molar-refractivity contribution in [3.8, 4) is 5.75 Å². The number of benzene rings is 2. The summed E-state index contributed by atoms with van der Waals surface area (Å²) in [5.41, 5.74) is 0.0621. The molecule has 3 nitrogen and oxygen atoms in total. The molecule has 0 aliphatic carbocycles. The van der Waals surface area contributed by atoms with Crippen LogP contribution in [-0.4, -0.2) is 12.6 Å². The second-order valence-electron chi connectivity index (χ2n) is 4.59. The highest BCUT2D eigenvalue weighted by Gasteiger charge is 2.32. The van der Waals surface area contributed by atoms with Gasteiger partial charge in [-0.25, -0.2) is 8.78 Å². The molecular weight excluding hydrogens is 333 g/mol. The van der Waals surface area contributed by atoms with Gasteiger partial charge in [0, 0.05) is 16.7 Å². The van der Waals surface area contributed by atoms with E-state index in [1.54, 1.807) is 6.07 Å². The van der Waals surface area contributed by atoms with Crippen LogP contribution in [0.4, 0.5) is 22.0 Å². The van der Waals surface area contributed by atoms with E-state index in [4.69, 9.17) is 4.84 Å². The van der Waals surface area contributed by atoms with Gasteiger partial charge in [-0.3, -0.25) is 0 Å². The summed E-state index contributed by atoms with van der Waals surface area (Å²) in [6.07, 6.45) is -6.42. The SMILES string of the molecule is FC(F)c1ccccc1C=NOCc1ccccc1OC(F)(F)F. The van der Waals surface area contributed by atoms with Crippen molar-refractivity contribution in [2.75, 3.05) is 0 Å². The molecule has 0 bridgehead atoms. The number of halogens is 5. The van der Waals surface area contributed by atoms with E-state index in [1.165, 1.54) is 36.4 Å². The molecule has 0 aliphatic heterocycles. The molecule has 24 heavy (non-hydrogen) atoms. The number of rotatable bonds is 6. The molecule has 0 aliphatic rings. The number of nitrogens with zero attached hydrogens (tertiary/aromatic N) is 1. The summed E-state index contributed by atoms with van der Waals surface area (Å²) in [4.78, 5) is 4.89. The predicted octanol–water partition coefficient (Wildman–Crippen LogP) is 5.07. The fourth-order valence-electron chi connectivity index (χ4n) is 1.88. The van der Waals surface area contributed by atoms with E-state index in [1.807, 2.05) is 0 Å². The summed E-state index contributed by atoms with van der Waals surface area (Å²) in [6.45, 7) is -0.306. The van der Waals surface area contributed by atoms with Crippen molar-refractivity contribution in [1.82, 2.24) is 0 Å². The van der Waals surface area contributed by atoms with E-state index in [2.05, 4.69) is 9.89 Å². The molecule has 0 N–H and O–H groups in total. The third kappa shape index (κ3) is 5.22. The number of oxime groups is 1. The van der Waals surface area contributed by atoms with E-state index in [-0.39, 0.29) is 23.3 Å². The van der Waals surface area contributed by atoms with Crippen LogP contribution in [0.2, 0.25) is 0 Å². The minimum atomic E-state index is -4.82. The van der Waals surface area contributed by atoms with Crippen molar-refractivity contribution in [2.24, 2.45) is 5.16 Å². The van der Waals surface area contributed by atoms with Crippen LogP contribution in [-0.2, 0) is 11.4 Å². The zero-order valence-electron chi connectivity index (χ0n) is 12.1. The Bertz CT molecular complexity index is 701. The summed E-state index contributed by atoms with van der Waals surface area (Å²) < 4.78 is 66.3. The lowest BCUT2D eigenvalue weighted by molar-refractivity contribution is -0.275. The average molecular weight is 345 g/mol. The van der Waals surface area contributed by atoms with E-state index >= 15 is 0 Å². The van der Waals surface area contributed by atoms with Crippen LogP contribution in [0.15, 0.2) is 53.7 Å². The molecule has 0 saturated heterocycles. The Kier molecular flexibility index (Phi) is 5.73. The molecule has 8 heteroatoms. The summed E-state index contributed by atoms with van der Waals surface area (Å²) in [7, 11) is 0. The zero-order valence-corrected chi connectivity index (χ0v) is 12.1. The predicted molar refractivity (Wildman–Crippen MR) is 76.9 cm³/mol. The first-order chi connectivity index (χ1) is 11.4. The van der Waals surface area contributed by atoms with Gasteiger partial charge in [0.1, 0.15) is 12.4 Å². The smallest absolute Gasteiger partial charge is 0.405 e. The number of hydrogen-bond donors (Lipinski definition) is 0. The largest absolute Gasteiger partial charge is 0.573 e. The minimum absolute atomic E-state index is 0.120. The van der Waals surface area contributed by atoms with Crippen molar-refractivity contribution in [1.29, 1.82) is 0 Å². The molecule has 128 valence electrons. The molecule has 2 aromatic carbocycles. The first-order valence-electron chi connectivity index (χ1n) is 6.73. The average Bonchev–Trinajstić information content (AvgIpc) is 2.52. The van der Waals surface area contributed by atoms with Crippen LogP contribution in [0.5, 0.6) is 5.75 Å². The zero-order chi connectivity index (χ0) is 17.6. The fourth-order valence-corrected chi connectivity index (χ4v) is 1.88. The lowest BCUT2D eigenvalue weighted by Gasteiger charge is -2.12. The van der Waals surface area contributed by atoms with Gasteiger partial charge in [0.05, 0.1) is 6.21 Å². The lowest BCUT2D eigenvalue weighted by Crippen LogP contribution is -2.18. The first kappa shape index (κ1) is 17.7. The highest BCUT2D eigenvalue weighted by Crippen LogP contribution is 2.26. The van der Waals surface area contributed by atoms with Gasteiger partial charge in [-0.05, 0) is 6.07 Å². The molecule has 0 spiro atoms.